The third-order valence-corrected chi connectivity index (χ3v) is 3.10. The molecule has 0 heterocycles. The van der Waals surface area contributed by atoms with Crippen LogP contribution in [0.4, 0.5) is 4.79 Å². The van der Waals surface area contributed by atoms with Crippen molar-refractivity contribution in [3.63, 3.8) is 0 Å². The van der Waals surface area contributed by atoms with Gasteiger partial charge >= 0.3 is 12.1 Å². The fourth-order valence-electron chi connectivity index (χ4n) is 1.86. The number of aliphatic carboxylic acids is 1. The van der Waals surface area contributed by atoms with Gasteiger partial charge in [0.15, 0.2) is 6.61 Å². The third-order valence-electron chi connectivity index (χ3n) is 3.10. The molecule has 33 heavy (non-hydrogen) atoms. The van der Waals surface area contributed by atoms with Gasteiger partial charge in [-0.05, 0) is 20.8 Å². The highest BCUT2D eigenvalue weighted by molar-refractivity contribution is 5.78. The van der Waals surface area contributed by atoms with Crippen LogP contribution in [0.25, 0.3) is 0 Å². The molecule has 192 valence electrons. The summed E-state index contributed by atoms with van der Waals surface area (Å²) < 4.78 is 25.4. The molecule has 14 nitrogen and oxygen atoms in total. The predicted molar refractivity (Wildman–Crippen MR) is 112 cm³/mol. The Labute approximate surface area is 192 Å². The fraction of sp³-hybridized carbons (Fsp3) is 0.789. The molecule has 0 saturated heterocycles. The van der Waals surface area contributed by atoms with Crippen molar-refractivity contribution in [2.45, 2.75) is 26.4 Å². The van der Waals surface area contributed by atoms with Crippen LogP contribution in [-0.2, 0) is 42.9 Å². The van der Waals surface area contributed by atoms with Crippen molar-refractivity contribution in [1.82, 2.24) is 16.1 Å². The lowest BCUT2D eigenvalue weighted by Crippen LogP contribution is -2.37. The van der Waals surface area contributed by atoms with Crippen molar-refractivity contribution >= 4 is 23.9 Å². The van der Waals surface area contributed by atoms with E-state index in [9.17, 15) is 19.2 Å². The van der Waals surface area contributed by atoms with E-state index in [1.54, 1.807) is 20.8 Å². The molecule has 0 radical (unpaired) electrons. The zero-order chi connectivity index (χ0) is 25.0. The molecular weight excluding hydrogens is 446 g/mol. The van der Waals surface area contributed by atoms with E-state index in [1.807, 2.05) is 5.48 Å². The Morgan fingerprint density at radius 2 is 1.18 bits per heavy atom. The molecule has 0 aromatic carbocycles. The minimum atomic E-state index is -1.14. The fourth-order valence-corrected chi connectivity index (χ4v) is 1.86. The van der Waals surface area contributed by atoms with Crippen molar-refractivity contribution in [2.24, 2.45) is 0 Å². The summed E-state index contributed by atoms with van der Waals surface area (Å²) >= 11 is 0. The van der Waals surface area contributed by atoms with Crippen LogP contribution < -0.4 is 16.1 Å². The number of hydrogen-bond donors (Lipinski definition) is 4. The maximum Gasteiger partial charge on any atom is 0.431 e. The number of ether oxygens (including phenoxy) is 5. The Hall–Kier alpha value is -2.52. The molecule has 0 rings (SSSR count). The van der Waals surface area contributed by atoms with E-state index in [1.165, 1.54) is 0 Å². The monoisotopic (exact) mass is 481 g/mol. The van der Waals surface area contributed by atoms with Crippen molar-refractivity contribution < 1.29 is 52.8 Å². The first kappa shape index (κ1) is 30.5. The maximum absolute atomic E-state index is 11.5. The van der Waals surface area contributed by atoms with Crippen LogP contribution in [0.2, 0.25) is 0 Å². The summed E-state index contributed by atoms with van der Waals surface area (Å²) in [4.78, 5) is 49.1. The van der Waals surface area contributed by atoms with Gasteiger partial charge in [0.05, 0.1) is 39.6 Å². The first-order chi connectivity index (χ1) is 15.6. The number of carbonyl (C=O) groups is 4. The summed E-state index contributed by atoms with van der Waals surface area (Å²) in [6.45, 7) is 6.36. The highest BCUT2D eigenvalue weighted by Gasteiger charge is 2.16. The second kappa shape index (κ2) is 19.0. The maximum atomic E-state index is 11.5. The van der Waals surface area contributed by atoms with Gasteiger partial charge in [0, 0.05) is 13.1 Å². The lowest BCUT2D eigenvalue weighted by atomic mass is 10.2. The first-order valence-corrected chi connectivity index (χ1v) is 10.3. The average Bonchev–Trinajstić information content (AvgIpc) is 2.69. The number of nitrogens with one attached hydrogen (secondary N) is 3. The number of rotatable bonds is 19. The van der Waals surface area contributed by atoms with Gasteiger partial charge in [-0.3, -0.25) is 14.4 Å². The van der Waals surface area contributed by atoms with Gasteiger partial charge in [-0.15, -0.1) is 0 Å². The zero-order valence-electron chi connectivity index (χ0n) is 19.3. The molecule has 0 bridgehead atoms. The Kier molecular flexibility index (Phi) is 17.5. The molecule has 0 spiro atoms. The third kappa shape index (κ3) is 24.0. The van der Waals surface area contributed by atoms with E-state index in [-0.39, 0.29) is 39.5 Å². The molecule has 4 N–H and O–H groups in total. The summed E-state index contributed by atoms with van der Waals surface area (Å²) in [7, 11) is 0. The van der Waals surface area contributed by atoms with Gasteiger partial charge in [0.1, 0.15) is 18.8 Å². The first-order valence-electron chi connectivity index (χ1n) is 10.3. The lowest BCUT2D eigenvalue weighted by Gasteiger charge is -2.19. The Morgan fingerprint density at radius 3 is 1.67 bits per heavy atom. The SMILES string of the molecule is CC(C)(C)OC(=O)NOCC(=O)NCCOCCOCCOCCNC(=O)COCC(=O)O. The van der Waals surface area contributed by atoms with Gasteiger partial charge in [0.2, 0.25) is 11.8 Å². The van der Waals surface area contributed by atoms with Crippen LogP contribution in [0.3, 0.4) is 0 Å². The minimum Gasteiger partial charge on any atom is -0.480 e. The molecule has 0 aliphatic carbocycles. The number of hydrogen-bond acceptors (Lipinski definition) is 10. The van der Waals surface area contributed by atoms with E-state index in [2.05, 4.69) is 15.4 Å². The number of carboxylic acids is 1. The van der Waals surface area contributed by atoms with Crippen LogP contribution in [0.1, 0.15) is 20.8 Å². The quantitative estimate of drug-likeness (QED) is 0.129. The number of carboxylic acid groups (broad SMARTS) is 1. The van der Waals surface area contributed by atoms with Crippen molar-refractivity contribution in [3.05, 3.63) is 0 Å². The zero-order valence-corrected chi connectivity index (χ0v) is 19.3. The molecule has 0 aliphatic heterocycles. The molecule has 0 unspecified atom stereocenters. The van der Waals surface area contributed by atoms with Gasteiger partial charge < -0.3 is 39.4 Å². The summed E-state index contributed by atoms with van der Waals surface area (Å²) in [5.74, 6) is -1.98. The Bertz CT molecular complexity index is 582. The summed E-state index contributed by atoms with van der Waals surface area (Å²) in [5.41, 5.74) is 1.35. The van der Waals surface area contributed by atoms with Crippen LogP contribution >= 0.6 is 0 Å². The van der Waals surface area contributed by atoms with Gasteiger partial charge in [-0.25, -0.2) is 9.59 Å². The van der Waals surface area contributed by atoms with Gasteiger partial charge in [0.25, 0.3) is 0 Å². The molecule has 14 heteroatoms. The Morgan fingerprint density at radius 1 is 0.697 bits per heavy atom. The van der Waals surface area contributed by atoms with Gasteiger partial charge in [-0.2, -0.15) is 5.48 Å². The summed E-state index contributed by atoms with van der Waals surface area (Å²) in [6.07, 6.45) is -0.782. The highest BCUT2D eigenvalue weighted by atomic mass is 16.7. The largest absolute Gasteiger partial charge is 0.480 e. The summed E-state index contributed by atoms with van der Waals surface area (Å²) in [5, 5.41) is 13.4. The minimum absolute atomic E-state index is 0.269. The number of carbonyl (C=O) groups excluding carboxylic acids is 3. The molecule has 0 aromatic rings. The smallest absolute Gasteiger partial charge is 0.431 e. The predicted octanol–water partition coefficient (Wildman–Crippen LogP) is -1.17. The van der Waals surface area contributed by atoms with Gasteiger partial charge in [-0.1, -0.05) is 0 Å². The molecular formula is C19H35N3O11. The Balaban J connectivity index is 3.35. The van der Waals surface area contributed by atoms with Crippen LogP contribution in [0, 0.1) is 0 Å². The van der Waals surface area contributed by atoms with Crippen LogP contribution in [0.15, 0.2) is 0 Å². The number of amides is 3. The van der Waals surface area contributed by atoms with E-state index >= 15 is 0 Å². The van der Waals surface area contributed by atoms with Crippen molar-refractivity contribution in [1.29, 1.82) is 0 Å². The second-order valence-electron chi connectivity index (χ2n) is 7.32. The lowest BCUT2D eigenvalue weighted by molar-refractivity contribution is -0.143. The highest BCUT2D eigenvalue weighted by Crippen LogP contribution is 2.06. The second-order valence-corrected chi connectivity index (χ2v) is 7.32. The number of hydroxylamine groups is 1. The molecule has 0 saturated carbocycles. The van der Waals surface area contributed by atoms with E-state index < -0.39 is 36.1 Å². The molecule has 0 aromatic heterocycles. The molecule has 0 atom stereocenters. The van der Waals surface area contributed by atoms with Crippen molar-refractivity contribution in [3.8, 4) is 0 Å². The summed E-state index contributed by atoms with van der Waals surface area (Å²) in [6, 6.07) is 0. The van der Waals surface area contributed by atoms with Crippen molar-refractivity contribution in [2.75, 3.05) is 72.6 Å². The molecule has 3 amide bonds. The normalized spacial score (nSPS) is 11.0. The molecule has 0 fully saturated rings. The van der Waals surface area contributed by atoms with E-state index in [4.69, 9.17) is 28.9 Å². The average molecular weight is 481 g/mol. The van der Waals surface area contributed by atoms with E-state index in [0.717, 1.165) is 0 Å². The molecule has 0 aliphatic rings. The van der Waals surface area contributed by atoms with Crippen LogP contribution in [0.5, 0.6) is 0 Å². The topological polar surface area (TPSA) is 180 Å². The standard InChI is InChI=1S/C19H35N3O11/c1-19(2,3)33-18(27)22-32-13-16(24)21-5-7-29-9-11-30-10-8-28-6-4-20-15(23)12-31-14-17(25)26/h4-14H2,1-3H3,(H,20,23)(H,21,24)(H,22,27)(H,25,26). The van der Waals surface area contributed by atoms with E-state index in [0.29, 0.717) is 26.4 Å². The van der Waals surface area contributed by atoms with Crippen LogP contribution in [-0.4, -0.2) is 107 Å².